The molecule has 0 aliphatic carbocycles. The Morgan fingerprint density at radius 3 is 2.59 bits per heavy atom. The first kappa shape index (κ1) is 17.0. The standard InChI is InChI=1S/C12H14F3NO5S/c13-12(14,15)9-1-2-10(22(18,19)20)11(17)8(9)5-7-6-16-3-4-21-7/h1-2,7,16-17H,3-6H2,(H,18,19,20). The number of halogens is 3. The van der Waals surface area contributed by atoms with E-state index in [0.717, 1.165) is 0 Å². The van der Waals surface area contributed by atoms with E-state index in [-0.39, 0.29) is 6.42 Å². The smallest absolute Gasteiger partial charge is 0.416 e. The fraction of sp³-hybridized carbons (Fsp3) is 0.500. The zero-order chi connectivity index (χ0) is 16.5. The molecule has 1 aliphatic heterocycles. The van der Waals surface area contributed by atoms with Gasteiger partial charge in [-0.1, -0.05) is 0 Å². The van der Waals surface area contributed by atoms with E-state index in [9.17, 15) is 31.2 Å². The zero-order valence-electron chi connectivity index (χ0n) is 11.3. The van der Waals surface area contributed by atoms with Crippen molar-refractivity contribution in [1.82, 2.24) is 0 Å². The molecule has 1 aromatic carbocycles. The summed E-state index contributed by atoms with van der Waals surface area (Å²) in [5, 5.41) is 11.7. The monoisotopic (exact) mass is 341 g/mol. The van der Waals surface area contributed by atoms with E-state index in [1.165, 1.54) is 0 Å². The summed E-state index contributed by atoms with van der Waals surface area (Å²) in [7, 11) is -5.08. The predicted molar refractivity (Wildman–Crippen MR) is 66.2 cm³/mol. The third kappa shape index (κ3) is 3.69. The number of nitrogens with two attached hydrogens (primary N) is 1. The molecule has 1 heterocycles. The molecule has 1 aromatic rings. The number of benzene rings is 1. The molecule has 2 rings (SSSR count). The third-order valence-corrected chi connectivity index (χ3v) is 4.23. The maximum Gasteiger partial charge on any atom is 0.416 e. The summed E-state index contributed by atoms with van der Waals surface area (Å²) >= 11 is 0. The van der Waals surface area contributed by atoms with Crippen LogP contribution < -0.4 is 5.32 Å². The molecule has 0 amide bonds. The number of aromatic hydroxyl groups is 1. The molecule has 0 spiro atoms. The second-order valence-corrected chi connectivity index (χ2v) is 6.25. The van der Waals surface area contributed by atoms with Gasteiger partial charge in [-0.15, -0.1) is 0 Å². The third-order valence-electron chi connectivity index (χ3n) is 3.36. The van der Waals surface area contributed by atoms with Gasteiger partial charge in [-0.05, 0) is 12.1 Å². The van der Waals surface area contributed by atoms with Crippen LogP contribution >= 0.6 is 0 Å². The first-order valence-electron chi connectivity index (χ1n) is 6.42. The topological polar surface area (TPSA) is 103 Å². The fourth-order valence-electron chi connectivity index (χ4n) is 2.35. The SMILES string of the molecule is O=S(=O)([O-])c1ccc(C(F)(F)F)c(CC2C[NH2+]CCO2)c1O. The van der Waals surface area contributed by atoms with Crippen LogP contribution in [0.25, 0.3) is 0 Å². The van der Waals surface area contributed by atoms with E-state index in [4.69, 9.17) is 4.74 Å². The van der Waals surface area contributed by atoms with Crippen molar-refractivity contribution < 1.29 is 41.3 Å². The minimum absolute atomic E-state index is 0.333. The number of ether oxygens (including phenoxy) is 1. The van der Waals surface area contributed by atoms with Crippen LogP contribution in [0.1, 0.15) is 11.1 Å². The van der Waals surface area contributed by atoms with Gasteiger partial charge in [-0.3, -0.25) is 0 Å². The molecule has 1 saturated heterocycles. The number of hydrogen-bond donors (Lipinski definition) is 2. The predicted octanol–water partition coefficient (Wildman–Crippen LogP) is -0.180. The van der Waals surface area contributed by atoms with Gasteiger partial charge in [-0.2, -0.15) is 13.2 Å². The number of quaternary nitrogens is 1. The Labute approximate surface area is 124 Å². The van der Waals surface area contributed by atoms with Gasteiger partial charge in [0, 0.05) is 12.0 Å². The highest BCUT2D eigenvalue weighted by Gasteiger charge is 2.36. The van der Waals surface area contributed by atoms with E-state index < -0.39 is 44.2 Å². The highest BCUT2D eigenvalue weighted by molar-refractivity contribution is 7.85. The summed E-state index contributed by atoms with van der Waals surface area (Å²) < 4.78 is 77.4. The molecule has 124 valence electrons. The molecule has 22 heavy (non-hydrogen) atoms. The van der Waals surface area contributed by atoms with E-state index in [2.05, 4.69) is 0 Å². The quantitative estimate of drug-likeness (QED) is 0.743. The first-order chi connectivity index (χ1) is 10.1. The van der Waals surface area contributed by atoms with Crippen LogP contribution in [0.3, 0.4) is 0 Å². The van der Waals surface area contributed by atoms with Gasteiger partial charge >= 0.3 is 6.18 Å². The van der Waals surface area contributed by atoms with Gasteiger partial charge in [0.2, 0.25) is 0 Å². The van der Waals surface area contributed by atoms with Crippen LogP contribution in [0.2, 0.25) is 0 Å². The van der Waals surface area contributed by atoms with Gasteiger partial charge in [0.25, 0.3) is 0 Å². The number of alkyl halides is 3. The lowest BCUT2D eigenvalue weighted by Gasteiger charge is -2.24. The second kappa shape index (κ2) is 6.03. The Morgan fingerprint density at radius 2 is 2.09 bits per heavy atom. The molecular formula is C12H14F3NO5S. The molecule has 1 aliphatic rings. The lowest BCUT2D eigenvalue weighted by molar-refractivity contribution is -0.677. The van der Waals surface area contributed by atoms with E-state index in [0.29, 0.717) is 31.8 Å². The Kier molecular flexibility index (Phi) is 4.66. The number of hydrogen-bond acceptors (Lipinski definition) is 5. The van der Waals surface area contributed by atoms with E-state index in [1.54, 1.807) is 0 Å². The molecule has 0 aromatic heterocycles. The zero-order valence-corrected chi connectivity index (χ0v) is 12.1. The number of morpholine rings is 1. The highest BCUT2D eigenvalue weighted by atomic mass is 32.2. The number of phenols is 1. The van der Waals surface area contributed by atoms with Crippen LogP contribution in [0, 0.1) is 0 Å². The normalized spacial score (nSPS) is 20.1. The van der Waals surface area contributed by atoms with E-state index >= 15 is 0 Å². The average molecular weight is 341 g/mol. The van der Waals surface area contributed by atoms with Gasteiger partial charge in [-0.25, -0.2) is 8.42 Å². The fourth-order valence-corrected chi connectivity index (χ4v) is 2.94. The highest BCUT2D eigenvalue weighted by Crippen LogP contribution is 2.39. The molecule has 10 heteroatoms. The molecule has 3 N–H and O–H groups in total. The van der Waals surface area contributed by atoms with Crippen LogP contribution in [-0.2, 0) is 27.5 Å². The van der Waals surface area contributed by atoms with Crippen molar-refractivity contribution in [1.29, 1.82) is 0 Å². The Bertz CT molecular complexity index is 653. The van der Waals surface area contributed by atoms with Gasteiger partial charge in [0.15, 0.2) is 0 Å². The number of phenolic OH excluding ortho intramolecular Hbond substituents is 1. The maximum atomic E-state index is 13.0. The van der Waals surface area contributed by atoms with Crippen molar-refractivity contribution in [2.24, 2.45) is 0 Å². The van der Waals surface area contributed by atoms with Crippen LogP contribution in [-0.4, -0.2) is 43.9 Å². The van der Waals surface area contributed by atoms with E-state index in [1.807, 2.05) is 5.32 Å². The summed E-state index contributed by atoms with van der Waals surface area (Å²) in [4.78, 5) is -1.06. The Morgan fingerprint density at radius 1 is 1.41 bits per heavy atom. The summed E-state index contributed by atoms with van der Waals surface area (Å²) in [6.45, 7) is 1.39. The maximum absolute atomic E-state index is 13.0. The lowest BCUT2D eigenvalue weighted by Crippen LogP contribution is -2.89. The van der Waals surface area contributed by atoms with Crippen LogP contribution in [0.15, 0.2) is 17.0 Å². The van der Waals surface area contributed by atoms with Gasteiger partial charge in [0.05, 0.1) is 23.6 Å². The van der Waals surface area contributed by atoms with Crippen molar-refractivity contribution in [2.75, 3.05) is 19.7 Å². The van der Waals surface area contributed by atoms with Gasteiger partial charge in [0.1, 0.15) is 28.5 Å². The molecule has 1 fully saturated rings. The molecule has 1 atom stereocenters. The summed E-state index contributed by atoms with van der Waals surface area (Å²) in [6.07, 6.45) is -5.72. The molecule has 6 nitrogen and oxygen atoms in total. The molecular weight excluding hydrogens is 327 g/mol. The number of rotatable bonds is 3. The minimum Gasteiger partial charge on any atom is -0.744 e. The van der Waals surface area contributed by atoms with Gasteiger partial charge < -0.3 is 19.7 Å². The van der Waals surface area contributed by atoms with Crippen LogP contribution in [0.5, 0.6) is 5.75 Å². The average Bonchev–Trinajstić information content (AvgIpc) is 2.39. The van der Waals surface area contributed by atoms with Crippen molar-refractivity contribution in [3.63, 3.8) is 0 Å². The van der Waals surface area contributed by atoms with Crippen molar-refractivity contribution in [2.45, 2.75) is 23.6 Å². The summed E-state index contributed by atoms with van der Waals surface area (Å²) in [5.74, 6) is -1.15. The summed E-state index contributed by atoms with van der Waals surface area (Å²) in [5.41, 5.74) is -1.81. The molecule has 0 radical (unpaired) electrons. The first-order valence-corrected chi connectivity index (χ1v) is 7.82. The lowest BCUT2D eigenvalue weighted by atomic mass is 9.99. The Hall–Kier alpha value is -1.36. The molecule has 1 unspecified atom stereocenters. The van der Waals surface area contributed by atoms with Crippen LogP contribution in [0.4, 0.5) is 13.2 Å². The minimum atomic E-state index is -5.08. The van der Waals surface area contributed by atoms with Crippen molar-refractivity contribution in [3.05, 3.63) is 23.3 Å². The molecule has 0 bridgehead atoms. The second-order valence-electron chi connectivity index (χ2n) is 4.90. The summed E-state index contributed by atoms with van der Waals surface area (Å²) in [6, 6.07) is 0.963. The van der Waals surface area contributed by atoms with Crippen molar-refractivity contribution >= 4 is 10.1 Å². The molecule has 0 saturated carbocycles. The largest absolute Gasteiger partial charge is 0.744 e. The van der Waals surface area contributed by atoms with Crippen molar-refractivity contribution in [3.8, 4) is 5.75 Å². The Balaban J connectivity index is 2.50.